The highest BCUT2D eigenvalue weighted by Gasteiger charge is 2.36. The van der Waals surface area contributed by atoms with Crippen molar-refractivity contribution >= 4 is 0 Å². The number of likely N-dealkylation sites (tertiary alicyclic amines) is 2. The Balaban J connectivity index is 1.66. The van der Waals surface area contributed by atoms with Gasteiger partial charge in [0.2, 0.25) is 0 Å². The molecule has 134 valence electrons. The molecule has 24 heavy (non-hydrogen) atoms. The zero-order chi connectivity index (χ0) is 17.4. The molecule has 1 N–H and O–H groups in total. The van der Waals surface area contributed by atoms with Crippen LogP contribution < -0.4 is 0 Å². The fraction of sp³-hybridized carbons (Fsp3) is 0.667. The van der Waals surface area contributed by atoms with Gasteiger partial charge in [0.15, 0.2) is 0 Å². The lowest BCUT2D eigenvalue weighted by atomic mass is 9.93. The second-order valence-corrected chi connectivity index (χ2v) is 7.27. The van der Waals surface area contributed by atoms with Crippen LogP contribution in [0.2, 0.25) is 0 Å². The van der Waals surface area contributed by atoms with Gasteiger partial charge >= 0.3 is 6.18 Å². The van der Waals surface area contributed by atoms with E-state index < -0.39 is 17.3 Å². The molecule has 6 heteroatoms. The lowest BCUT2D eigenvalue weighted by Gasteiger charge is -2.30. The highest BCUT2D eigenvalue weighted by molar-refractivity contribution is 5.30. The van der Waals surface area contributed by atoms with E-state index >= 15 is 0 Å². The number of alkyl halides is 3. The average Bonchev–Trinajstić information content (AvgIpc) is 3.17. The number of rotatable bonds is 4. The van der Waals surface area contributed by atoms with Crippen molar-refractivity contribution in [1.82, 2.24) is 9.80 Å². The van der Waals surface area contributed by atoms with Crippen LogP contribution in [0.3, 0.4) is 0 Å². The lowest BCUT2D eigenvalue weighted by Crippen LogP contribution is -2.40. The van der Waals surface area contributed by atoms with Gasteiger partial charge in [-0.2, -0.15) is 13.2 Å². The maximum absolute atomic E-state index is 12.9. The summed E-state index contributed by atoms with van der Waals surface area (Å²) in [5, 5.41) is 10.8. The molecule has 2 fully saturated rings. The zero-order valence-electron chi connectivity index (χ0n) is 14.0. The summed E-state index contributed by atoms with van der Waals surface area (Å²) >= 11 is 0. The molecule has 1 aromatic rings. The van der Waals surface area contributed by atoms with Gasteiger partial charge in [-0.15, -0.1) is 0 Å². The molecule has 0 radical (unpaired) electrons. The number of β-amino-alcohol motifs (C(OH)–C–C–N with tert-alkyl or cyclic N) is 1. The van der Waals surface area contributed by atoms with E-state index in [-0.39, 0.29) is 0 Å². The highest BCUT2D eigenvalue weighted by Crippen LogP contribution is 2.33. The summed E-state index contributed by atoms with van der Waals surface area (Å²) in [6, 6.07) is 5.56. The van der Waals surface area contributed by atoms with Gasteiger partial charge in [0.1, 0.15) is 0 Å². The number of hydrogen-bond donors (Lipinski definition) is 1. The number of nitrogens with zero attached hydrogens (tertiary/aromatic N) is 2. The summed E-state index contributed by atoms with van der Waals surface area (Å²) in [5.74, 6) is 0. The van der Waals surface area contributed by atoms with Gasteiger partial charge in [0.05, 0.1) is 11.2 Å². The molecule has 2 aliphatic rings. The highest BCUT2D eigenvalue weighted by atomic mass is 19.4. The van der Waals surface area contributed by atoms with Gasteiger partial charge in [0.25, 0.3) is 0 Å². The van der Waals surface area contributed by atoms with Crippen molar-refractivity contribution in [1.29, 1.82) is 0 Å². The van der Waals surface area contributed by atoms with Crippen molar-refractivity contribution in [2.75, 3.05) is 32.7 Å². The molecule has 0 aromatic heterocycles. The average molecular weight is 342 g/mol. The summed E-state index contributed by atoms with van der Waals surface area (Å²) < 4.78 is 38.7. The number of benzene rings is 1. The largest absolute Gasteiger partial charge is 0.416 e. The Morgan fingerprint density at radius 3 is 2.46 bits per heavy atom. The van der Waals surface area contributed by atoms with Crippen LogP contribution in [0.1, 0.15) is 37.3 Å². The Bertz CT molecular complexity index is 568. The van der Waals surface area contributed by atoms with E-state index in [1.807, 2.05) is 0 Å². The van der Waals surface area contributed by atoms with Gasteiger partial charge in [-0.1, -0.05) is 12.1 Å². The molecular formula is C18H25F3N2O. The molecule has 2 aliphatic heterocycles. The van der Waals surface area contributed by atoms with Gasteiger partial charge in [-0.05, 0) is 63.5 Å². The van der Waals surface area contributed by atoms with Crippen LogP contribution in [0, 0.1) is 0 Å². The lowest BCUT2D eigenvalue weighted by molar-refractivity contribution is -0.137. The standard InChI is InChI=1S/C18H25F3N2O/c1-17(24,14-5-4-6-15(11-14)18(19,20)21)13-22-10-7-16(12-22)23-8-2-3-9-23/h4-6,11,16,24H,2-3,7-10,12-13H2,1H3/t16-,17+/m1/s1. The van der Waals surface area contributed by atoms with E-state index in [0.29, 0.717) is 18.2 Å². The predicted octanol–water partition coefficient (Wildman–Crippen LogP) is 3.08. The number of aliphatic hydroxyl groups is 1. The maximum Gasteiger partial charge on any atom is 0.416 e. The van der Waals surface area contributed by atoms with Crippen LogP contribution in [0.25, 0.3) is 0 Å². The summed E-state index contributed by atoms with van der Waals surface area (Å²) in [6.07, 6.45) is -0.823. The van der Waals surface area contributed by atoms with Crippen molar-refractivity contribution in [3.05, 3.63) is 35.4 Å². The second-order valence-electron chi connectivity index (χ2n) is 7.27. The predicted molar refractivity (Wildman–Crippen MR) is 86.7 cm³/mol. The smallest absolute Gasteiger partial charge is 0.384 e. The topological polar surface area (TPSA) is 26.7 Å². The molecule has 0 amide bonds. The van der Waals surface area contributed by atoms with Crippen molar-refractivity contribution in [3.8, 4) is 0 Å². The molecule has 2 heterocycles. The Labute approximate surface area is 141 Å². The Morgan fingerprint density at radius 2 is 1.79 bits per heavy atom. The number of hydrogen-bond acceptors (Lipinski definition) is 3. The van der Waals surface area contributed by atoms with Gasteiger partial charge in [0, 0.05) is 19.1 Å². The minimum Gasteiger partial charge on any atom is -0.384 e. The molecule has 3 nitrogen and oxygen atoms in total. The van der Waals surface area contributed by atoms with Crippen molar-refractivity contribution < 1.29 is 18.3 Å². The van der Waals surface area contributed by atoms with Crippen LogP contribution in [-0.2, 0) is 11.8 Å². The Hall–Kier alpha value is -1.11. The maximum atomic E-state index is 12.9. The van der Waals surface area contributed by atoms with E-state index in [1.165, 1.54) is 18.9 Å². The molecule has 0 unspecified atom stereocenters. The fourth-order valence-electron chi connectivity index (χ4n) is 3.92. The van der Waals surface area contributed by atoms with Crippen molar-refractivity contribution in [2.45, 2.75) is 44.0 Å². The quantitative estimate of drug-likeness (QED) is 0.911. The summed E-state index contributed by atoms with van der Waals surface area (Å²) in [5.41, 5.74) is -1.68. The first-order valence-electron chi connectivity index (χ1n) is 8.62. The molecule has 0 saturated carbocycles. The third-order valence-electron chi connectivity index (χ3n) is 5.25. The SMILES string of the molecule is C[C@](O)(CN1CC[C@@H](N2CCCC2)C1)c1cccc(C(F)(F)F)c1. The minimum atomic E-state index is -4.39. The first-order valence-corrected chi connectivity index (χ1v) is 8.62. The first kappa shape index (κ1) is 17.7. The normalized spacial score (nSPS) is 26.0. The monoisotopic (exact) mass is 342 g/mol. The minimum absolute atomic E-state index is 0.321. The van der Waals surface area contributed by atoms with Crippen LogP contribution in [0.5, 0.6) is 0 Å². The van der Waals surface area contributed by atoms with Gasteiger partial charge in [-0.25, -0.2) is 0 Å². The molecule has 2 atom stereocenters. The van der Waals surface area contributed by atoms with Crippen LogP contribution >= 0.6 is 0 Å². The molecule has 0 spiro atoms. The van der Waals surface area contributed by atoms with E-state index in [2.05, 4.69) is 9.80 Å². The number of halogens is 3. The van der Waals surface area contributed by atoms with E-state index in [0.717, 1.165) is 44.7 Å². The van der Waals surface area contributed by atoms with Gasteiger partial charge < -0.3 is 5.11 Å². The molecule has 1 aromatic carbocycles. The second kappa shape index (κ2) is 6.65. The molecule has 0 bridgehead atoms. The first-order chi connectivity index (χ1) is 11.3. The molecule has 3 rings (SSSR count). The fourth-order valence-corrected chi connectivity index (χ4v) is 3.92. The van der Waals surface area contributed by atoms with E-state index in [9.17, 15) is 18.3 Å². The Morgan fingerprint density at radius 1 is 1.12 bits per heavy atom. The third-order valence-corrected chi connectivity index (χ3v) is 5.25. The van der Waals surface area contributed by atoms with Crippen molar-refractivity contribution in [2.24, 2.45) is 0 Å². The van der Waals surface area contributed by atoms with Crippen LogP contribution in [0.4, 0.5) is 13.2 Å². The zero-order valence-corrected chi connectivity index (χ0v) is 14.0. The van der Waals surface area contributed by atoms with Crippen molar-refractivity contribution in [3.63, 3.8) is 0 Å². The van der Waals surface area contributed by atoms with Crippen LogP contribution in [-0.4, -0.2) is 53.7 Å². The molecule has 2 saturated heterocycles. The molecule has 0 aliphatic carbocycles. The summed E-state index contributed by atoms with van der Waals surface area (Å²) in [4.78, 5) is 4.67. The summed E-state index contributed by atoms with van der Waals surface area (Å²) in [6.45, 7) is 6.01. The van der Waals surface area contributed by atoms with E-state index in [4.69, 9.17) is 0 Å². The van der Waals surface area contributed by atoms with E-state index in [1.54, 1.807) is 13.0 Å². The Kier molecular flexibility index (Phi) is 4.91. The third kappa shape index (κ3) is 3.92. The van der Waals surface area contributed by atoms with Crippen LogP contribution in [0.15, 0.2) is 24.3 Å². The summed E-state index contributed by atoms with van der Waals surface area (Å²) in [7, 11) is 0. The van der Waals surface area contributed by atoms with Gasteiger partial charge in [-0.3, -0.25) is 9.80 Å². The molecular weight excluding hydrogens is 317 g/mol.